The lowest BCUT2D eigenvalue weighted by Gasteiger charge is -2.30. The Morgan fingerprint density at radius 1 is 1.35 bits per heavy atom. The lowest BCUT2D eigenvalue weighted by molar-refractivity contribution is 0.152. The molecule has 2 unspecified atom stereocenters. The molecule has 1 saturated carbocycles. The Bertz CT molecular complexity index is 650. The molecule has 20 heavy (non-hydrogen) atoms. The molecular formula is C15H16FN3O. The van der Waals surface area contributed by atoms with E-state index in [1.54, 1.807) is 6.07 Å². The van der Waals surface area contributed by atoms with E-state index in [0.717, 1.165) is 11.3 Å². The van der Waals surface area contributed by atoms with Crippen molar-refractivity contribution in [3.05, 3.63) is 47.8 Å². The Morgan fingerprint density at radius 3 is 3.00 bits per heavy atom. The Balaban J connectivity index is 1.69. The summed E-state index contributed by atoms with van der Waals surface area (Å²) in [4.78, 5) is 4.23. The second-order valence-corrected chi connectivity index (χ2v) is 5.59. The molecule has 104 valence electrons. The number of nitrogens with two attached hydrogens (primary N) is 1. The van der Waals surface area contributed by atoms with E-state index in [9.17, 15) is 4.39 Å². The van der Waals surface area contributed by atoms with E-state index in [2.05, 4.69) is 9.55 Å². The number of imidazole rings is 1. The van der Waals surface area contributed by atoms with Crippen molar-refractivity contribution < 1.29 is 9.13 Å². The van der Waals surface area contributed by atoms with Gasteiger partial charge < -0.3 is 15.0 Å². The topological polar surface area (TPSA) is 53.1 Å². The van der Waals surface area contributed by atoms with Crippen LogP contribution in [0.15, 0.2) is 30.7 Å². The summed E-state index contributed by atoms with van der Waals surface area (Å²) < 4.78 is 21.5. The van der Waals surface area contributed by atoms with Crippen molar-refractivity contribution in [2.24, 2.45) is 5.73 Å². The van der Waals surface area contributed by atoms with Gasteiger partial charge >= 0.3 is 0 Å². The maximum Gasteiger partial charge on any atom is 0.142 e. The zero-order chi connectivity index (χ0) is 13.7. The zero-order valence-corrected chi connectivity index (χ0v) is 11.0. The van der Waals surface area contributed by atoms with Gasteiger partial charge in [0.1, 0.15) is 17.7 Å². The van der Waals surface area contributed by atoms with Crippen molar-refractivity contribution in [3.8, 4) is 5.75 Å². The largest absolute Gasteiger partial charge is 0.484 e. The van der Waals surface area contributed by atoms with E-state index < -0.39 is 0 Å². The Labute approximate surface area is 116 Å². The third-order valence-electron chi connectivity index (χ3n) is 4.08. The predicted molar refractivity (Wildman–Crippen MR) is 71.8 cm³/mol. The number of benzene rings is 1. The van der Waals surface area contributed by atoms with E-state index in [0.29, 0.717) is 18.2 Å². The van der Waals surface area contributed by atoms with Crippen LogP contribution in [-0.4, -0.2) is 9.55 Å². The zero-order valence-electron chi connectivity index (χ0n) is 11.0. The van der Waals surface area contributed by atoms with Gasteiger partial charge in [0, 0.05) is 30.1 Å². The predicted octanol–water partition coefficient (Wildman–Crippen LogP) is 2.88. The Morgan fingerprint density at radius 2 is 2.20 bits per heavy atom. The molecule has 4 rings (SSSR count). The van der Waals surface area contributed by atoms with Crippen LogP contribution in [0.4, 0.5) is 4.39 Å². The molecule has 0 amide bonds. The van der Waals surface area contributed by atoms with Gasteiger partial charge in [-0.25, -0.2) is 9.37 Å². The lowest BCUT2D eigenvalue weighted by Crippen LogP contribution is -2.25. The standard InChI is InChI=1S/C15H16FN3O/c16-9-1-4-11-12(17)6-15(20-14(11)5-9)13-7-18-8-19(13)10-2-3-10/h1,4-5,7-8,10,12,15H,2-3,6,17H2. The molecule has 0 saturated heterocycles. The molecule has 0 radical (unpaired) electrons. The molecule has 1 aliphatic carbocycles. The maximum absolute atomic E-state index is 13.4. The summed E-state index contributed by atoms with van der Waals surface area (Å²) in [6, 6.07) is 4.97. The molecule has 1 aromatic carbocycles. The highest BCUT2D eigenvalue weighted by molar-refractivity contribution is 5.39. The molecule has 5 heteroatoms. The van der Waals surface area contributed by atoms with E-state index in [4.69, 9.17) is 10.5 Å². The molecule has 1 fully saturated rings. The molecule has 2 heterocycles. The van der Waals surface area contributed by atoms with Crippen molar-refractivity contribution >= 4 is 0 Å². The fourth-order valence-electron chi connectivity index (χ4n) is 2.88. The molecule has 2 N–H and O–H groups in total. The first-order valence-electron chi connectivity index (χ1n) is 6.96. The van der Waals surface area contributed by atoms with Gasteiger partial charge in [-0.3, -0.25) is 0 Å². The summed E-state index contributed by atoms with van der Waals surface area (Å²) in [6.07, 6.45) is 6.60. The van der Waals surface area contributed by atoms with Crippen LogP contribution in [0, 0.1) is 5.82 Å². The van der Waals surface area contributed by atoms with Crippen LogP contribution in [0.25, 0.3) is 0 Å². The molecule has 2 aliphatic rings. The van der Waals surface area contributed by atoms with E-state index in [-0.39, 0.29) is 18.0 Å². The summed E-state index contributed by atoms with van der Waals surface area (Å²) in [5.41, 5.74) is 8.12. The van der Waals surface area contributed by atoms with Crippen molar-refractivity contribution in [1.29, 1.82) is 0 Å². The number of halogens is 1. The molecule has 2 aromatic rings. The number of aromatic nitrogens is 2. The van der Waals surface area contributed by atoms with Crippen molar-refractivity contribution in [3.63, 3.8) is 0 Å². The van der Waals surface area contributed by atoms with Crippen LogP contribution < -0.4 is 10.5 Å². The SMILES string of the molecule is NC1CC(c2cncn2C2CC2)Oc2cc(F)ccc21. The highest BCUT2D eigenvalue weighted by Crippen LogP contribution is 2.43. The Kier molecular flexibility index (Phi) is 2.57. The Hall–Kier alpha value is -1.88. The second kappa shape index (κ2) is 4.31. The van der Waals surface area contributed by atoms with Gasteiger partial charge in [-0.2, -0.15) is 0 Å². The second-order valence-electron chi connectivity index (χ2n) is 5.59. The summed E-state index contributed by atoms with van der Waals surface area (Å²) in [6.45, 7) is 0. The monoisotopic (exact) mass is 273 g/mol. The third kappa shape index (κ3) is 1.89. The van der Waals surface area contributed by atoms with E-state index in [1.807, 2.05) is 12.5 Å². The molecule has 0 bridgehead atoms. The molecular weight excluding hydrogens is 257 g/mol. The molecule has 1 aromatic heterocycles. The van der Waals surface area contributed by atoms with Crippen LogP contribution in [0.5, 0.6) is 5.75 Å². The summed E-state index contributed by atoms with van der Waals surface area (Å²) in [5, 5.41) is 0. The smallest absolute Gasteiger partial charge is 0.142 e. The summed E-state index contributed by atoms with van der Waals surface area (Å²) in [5.74, 6) is 0.254. The van der Waals surface area contributed by atoms with Gasteiger partial charge in [0.05, 0.1) is 18.2 Å². The number of fused-ring (bicyclic) bond motifs is 1. The lowest BCUT2D eigenvalue weighted by atomic mass is 9.96. The number of hydrogen-bond acceptors (Lipinski definition) is 3. The van der Waals surface area contributed by atoms with Crippen molar-refractivity contribution in [2.45, 2.75) is 37.5 Å². The van der Waals surface area contributed by atoms with E-state index in [1.165, 1.54) is 25.0 Å². The number of nitrogens with zero attached hydrogens (tertiary/aromatic N) is 2. The fraction of sp³-hybridized carbons (Fsp3) is 0.400. The van der Waals surface area contributed by atoms with Crippen molar-refractivity contribution in [1.82, 2.24) is 9.55 Å². The maximum atomic E-state index is 13.4. The minimum Gasteiger partial charge on any atom is -0.484 e. The minimum atomic E-state index is -0.299. The first-order chi connectivity index (χ1) is 9.72. The molecule has 4 nitrogen and oxygen atoms in total. The minimum absolute atomic E-state index is 0.132. The van der Waals surface area contributed by atoms with Gasteiger partial charge in [0.25, 0.3) is 0 Å². The normalized spacial score (nSPS) is 25.1. The van der Waals surface area contributed by atoms with Crippen LogP contribution in [-0.2, 0) is 0 Å². The molecule has 0 spiro atoms. The van der Waals surface area contributed by atoms with Gasteiger partial charge in [-0.05, 0) is 18.9 Å². The van der Waals surface area contributed by atoms with Crippen molar-refractivity contribution in [2.75, 3.05) is 0 Å². The van der Waals surface area contributed by atoms with Crippen LogP contribution in [0.1, 0.15) is 48.7 Å². The highest BCUT2D eigenvalue weighted by atomic mass is 19.1. The quantitative estimate of drug-likeness (QED) is 0.915. The number of rotatable bonds is 2. The van der Waals surface area contributed by atoms with Crippen LogP contribution in [0.2, 0.25) is 0 Å². The number of hydrogen-bond donors (Lipinski definition) is 1. The first-order valence-corrected chi connectivity index (χ1v) is 6.96. The number of ether oxygens (including phenoxy) is 1. The van der Waals surface area contributed by atoms with Gasteiger partial charge in [-0.15, -0.1) is 0 Å². The first kappa shape index (κ1) is 11.9. The third-order valence-corrected chi connectivity index (χ3v) is 4.08. The highest BCUT2D eigenvalue weighted by Gasteiger charge is 2.33. The van der Waals surface area contributed by atoms with Crippen LogP contribution in [0.3, 0.4) is 0 Å². The molecule has 2 atom stereocenters. The average Bonchev–Trinajstić information content (AvgIpc) is 3.15. The van der Waals surface area contributed by atoms with Gasteiger partial charge in [-0.1, -0.05) is 6.07 Å². The van der Waals surface area contributed by atoms with Crippen LogP contribution >= 0.6 is 0 Å². The van der Waals surface area contributed by atoms with E-state index >= 15 is 0 Å². The fourth-order valence-corrected chi connectivity index (χ4v) is 2.88. The summed E-state index contributed by atoms with van der Waals surface area (Å²) in [7, 11) is 0. The summed E-state index contributed by atoms with van der Waals surface area (Å²) >= 11 is 0. The average molecular weight is 273 g/mol. The van der Waals surface area contributed by atoms with Gasteiger partial charge in [0.15, 0.2) is 0 Å². The molecule has 1 aliphatic heterocycles. The van der Waals surface area contributed by atoms with Gasteiger partial charge in [0.2, 0.25) is 0 Å².